The summed E-state index contributed by atoms with van der Waals surface area (Å²) in [6.45, 7) is 0. The summed E-state index contributed by atoms with van der Waals surface area (Å²) in [7, 11) is -1.43. The third kappa shape index (κ3) is 1.55. The molecule has 1 aromatic carbocycles. The van der Waals surface area contributed by atoms with E-state index in [0.717, 1.165) is 0 Å². The van der Waals surface area contributed by atoms with Crippen LogP contribution in [0, 0.1) is 0 Å². The maximum Gasteiger partial charge on any atom is 0.488 e. The van der Waals surface area contributed by atoms with Crippen molar-refractivity contribution in [3.63, 3.8) is 0 Å². The van der Waals surface area contributed by atoms with Crippen molar-refractivity contribution in [3.8, 4) is 0 Å². The Hall–Kier alpha value is -0.795. The Balaban J connectivity index is 2.89. The van der Waals surface area contributed by atoms with E-state index in [0.29, 0.717) is 11.5 Å². The van der Waals surface area contributed by atoms with Gasteiger partial charge in [-0.3, -0.25) is 0 Å². The van der Waals surface area contributed by atoms with Gasteiger partial charge in [-0.25, -0.2) is 0 Å². The van der Waals surface area contributed by atoms with Crippen LogP contribution in [0.15, 0.2) is 30.3 Å². The average Bonchev–Trinajstić information content (AvgIpc) is 1.88. The second-order valence-corrected chi connectivity index (χ2v) is 1.71. The zero-order valence-corrected chi connectivity index (χ0v) is 4.78. The van der Waals surface area contributed by atoms with E-state index in [4.69, 9.17) is 11.4 Å². The van der Waals surface area contributed by atoms with Crippen molar-refractivity contribution >= 4 is 12.6 Å². The van der Waals surface area contributed by atoms with Crippen molar-refractivity contribution < 1.29 is 11.4 Å². The van der Waals surface area contributed by atoms with Gasteiger partial charge in [-0.2, -0.15) is 0 Å². The SMILES string of the molecule is [2H]c1ccc(B(O)O)cc1. The molecule has 0 saturated carbocycles. The minimum Gasteiger partial charge on any atom is -0.423 e. The predicted molar refractivity (Wildman–Crippen MR) is 36.3 cm³/mol. The van der Waals surface area contributed by atoms with Gasteiger partial charge in [0.1, 0.15) is 0 Å². The number of benzene rings is 1. The van der Waals surface area contributed by atoms with Crippen LogP contribution >= 0.6 is 0 Å². The minimum absolute atomic E-state index is 0.365. The molecule has 0 atom stereocenters. The largest absolute Gasteiger partial charge is 0.488 e. The molecule has 1 aromatic rings. The van der Waals surface area contributed by atoms with Crippen molar-refractivity contribution in [2.24, 2.45) is 0 Å². The summed E-state index contributed by atoms with van der Waals surface area (Å²) in [5.41, 5.74) is 0.413. The number of hydrogen-bond donors (Lipinski definition) is 2. The van der Waals surface area contributed by atoms with Crippen LogP contribution in [0.25, 0.3) is 0 Å². The van der Waals surface area contributed by atoms with Crippen LogP contribution in [0.4, 0.5) is 0 Å². The van der Waals surface area contributed by atoms with E-state index < -0.39 is 7.12 Å². The van der Waals surface area contributed by atoms with Gasteiger partial charge in [0, 0.05) is 0 Å². The fraction of sp³-hybridized carbons (Fsp3) is 0. The zero-order valence-electron chi connectivity index (χ0n) is 5.78. The van der Waals surface area contributed by atoms with E-state index in [9.17, 15) is 0 Å². The van der Waals surface area contributed by atoms with E-state index in [2.05, 4.69) is 0 Å². The molecule has 2 nitrogen and oxygen atoms in total. The Morgan fingerprint density at radius 3 is 2.33 bits per heavy atom. The highest BCUT2D eigenvalue weighted by molar-refractivity contribution is 6.58. The normalized spacial score (nSPS) is 10.7. The average molecular weight is 123 g/mol. The van der Waals surface area contributed by atoms with Crippen LogP contribution in [-0.2, 0) is 0 Å². The molecule has 0 aliphatic carbocycles. The molecule has 1 rings (SSSR count). The van der Waals surface area contributed by atoms with Crippen LogP contribution < -0.4 is 5.46 Å². The number of rotatable bonds is 1. The Labute approximate surface area is 55.3 Å². The molecule has 0 fully saturated rings. The van der Waals surface area contributed by atoms with E-state index in [-0.39, 0.29) is 0 Å². The maximum atomic E-state index is 8.61. The molecule has 0 bridgehead atoms. The second-order valence-electron chi connectivity index (χ2n) is 1.71. The highest BCUT2D eigenvalue weighted by Gasteiger charge is 2.07. The molecule has 0 radical (unpaired) electrons. The molecular formula is C6H7BO2. The molecule has 0 saturated heterocycles. The van der Waals surface area contributed by atoms with Gasteiger partial charge in [0.2, 0.25) is 0 Å². The lowest BCUT2D eigenvalue weighted by molar-refractivity contribution is 0.426. The van der Waals surface area contributed by atoms with Gasteiger partial charge in [-0.05, 0) is 5.46 Å². The lowest BCUT2D eigenvalue weighted by Gasteiger charge is -1.94. The Morgan fingerprint density at radius 2 is 1.89 bits per heavy atom. The van der Waals surface area contributed by atoms with Gasteiger partial charge in [-0.15, -0.1) is 0 Å². The van der Waals surface area contributed by atoms with Crippen LogP contribution in [-0.4, -0.2) is 17.2 Å². The van der Waals surface area contributed by atoms with Crippen LogP contribution in [0.3, 0.4) is 0 Å². The first kappa shape index (κ1) is 5.03. The van der Waals surface area contributed by atoms with Crippen LogP contribution in [0.5, 0.6) is 0 Å². The lowest BCUT2D eigenvalue weighted by Crippen LogP contribution is -2.29. The van der Waals surface area contributed by atoms with Gasteiger partial charge < -0.3 is 10.0 Å². The molecule has 2 N–H and O–H groups in total. The van der Waals surface area contributed by atoms with Gasteiger partial charge in [-0.1, -0.05) is 30.3 Å². The molecule has 9 heavy (non-hydrogen) atoms. The van der Waals surface area contributed by atoms with E-state index in [1.165, 1.54) is 24.3 Å². The van der Waals surface area contributed by atoms with Gasteiger partial charge in [0.15, 0.2) is 0 Å². The van der Waals surface area contributed by atoms with E-state index >= 15 is 0 Å². The summed E-state index contributed by atoms with van der Waals surface area (Å²) in [4.78, 5) is 0. The smallest absolute Gasteiger partial charge is 0.423 e. The molecule has 0 aliphatic rings. The first-order valence-electron chi connectivity index (χ1n) is 3.13. The van der Waals surface area contributed by atoms with Gasteiger partial charge in [0.05, 0.1) is 1.37 Å². The van der Waals surface area contributed by atoms with Crippen molar-refractivity contribution in [1.29, 1.82) is 0 Å². The minimum atomic E-state index is -1.43. The molecule has 0 heterocycles. The maximum absolute atomic E-state index is 8.61. The number of hydrogen-bond acceptors (Lipinski definition) is 2. The lowest BCUT2D eigenvalue weighted by atomic mass is 9.81. The van der Waals surface area contributed by atoms with Crippen molar-refractivity contribution in [2.45, 2.75) is 0 Å². The topological polar surface area (TPSA) is 40.5 Å². The first-order valence-corrected chi connectivity index (χ1v) is 2.63. The fourth-order valence-electron chi connectivity index (χ4n) is 0.572. The van der Waals surface area contributed by atoms with Crippen molar-refractivity contribution in [3.05, 3.63) is 30.3 Å². The highest BCUT2D eigenvalue weighted by atomic mass is 16.4. The van der Waals surface area contributed by atoms with E-state index in [1.54, 1.807) is 0 Å². The summed E-state index contributed by atoms with van der Waals surface area (Å²) in [6, 6.07) is 6.40. The van der Waals surface area contributed by atoms with E-state index in [1.807, 2.05) is 0 Å². The van der Waals surface area contributed by atoms with Gasteiger partial charge in [0.25, 0.3) is 0 Å². The molecule has 3 heteroatoms. The first-order chi connectivity index (χ1) is 4.70. The summed E-state index contributed by atoms with van der Waals surface area (Å²) in [6.07, 6.45) is 0. The third-order valence-corrected chi connectivity index (χ3v) is 1.04. The van der Waals surface area contributed by atoms with Gasteiger partial charge >= 0.3 is 7.12 Å². The summed E-state index contributed by atoms with van der Waals surface area (Å²) in [5.74, 6) is 0. The Morgan fingerprint density at radius 1 is 1.33 bits per heavy atom. The predicted octanol–water partition coefficient (Wildman–Crippen LogP) is -0.634. The van der Waals surface area contributed by atoms with Crippen LogP contribution in [0.1, 0.15) is 1.37 Å². The monoisotopic (exact) mass is 123 g/mol. The molecule has 0 aliphatic heterocycles. The molecule has 0 unspecified atom stereocenters. The standard InChI is InChI=1S/C6H7BO2/c8-7(9)6-4-2-1-3-5-6/h1-5,8-9H/i1D. The van der Waals surface area contributed by atoms with Crippen molar-refractivity contribution in [2.75, 3.05) is 0 Å². The summed E-state index contributed by atoms with van der Waals surface area (Å²) < 4.78 is 7.07. The molecule has 46 valence electrons. The third-order valence-electron chi connectivity index (χ3n) is 1.04. The fourth-order valence-corrected chi connectivity index (χ4v) is 0.572. The van der Waals surface area contributed by atoms with Crippen LogP contribution in [0.2, 0.25) is 0 Å². The second kappa shape index (κ2) is 2.66. The molecule has 0 spiro atoms. The Bertz CT molecular complexity index is 209. The molecule has 0 aromatic heterocycles. The highest BCUT2D eigenvalue weighted by Crippen LogP contribution is 1.82. The zero-order chi connectivity index (χ0) is 7.56. The quantitative estimate of drug-likeness (QED) is 0.488. The summed E-state index contributed by atoms with van der Waals surface area (Å²) in [5, 5.41) is 17.2. The summed E-state index contributed by atoms with van der Waals surface area (Å²) >= 11 is 0. The molecule has 0 amide bonds. The molecular weight excluding hydrogens is 115 g/mol. The van der Waals surface area contributed by atoms with Crippen molar-refractivity contribution in [1.82, 2.24) is 0 Å². The Kier molecular flexibility index (Phi) is 1.49.